The van der Waals surface area contributed by atoms with E-state index in [9.17, 15) is 0 Å². The van der Waals surface area contributed by atoms with Gasteiger partial charge in [0.15, 0.2) is 0 Å². The number of rotatable bonds is 2. The van der Waals surface area contributed by atoms with Gasteiger partial charge in [-0.3, -0.25) is 0 Å². The van der Waals surface area contributed by atoms with E-state index in [4.69, 9.17) is 4.74 Å². The predicted octanol–water partition coefficient (Wildman–Crippen LogP) is 2.64. The molecule has 2 nitrogen and oxygen atoms in total. The predicted molar refractivity (Wildman–Crippen MR) is 66.5 cm³/mol. The standard InChI is InChI=1S/C14H21NO/c1-3-15-10-9-14(2,16-12-11-15)13-7-5-4-6-8-13/h4-8H,3,9-12H2,1-2H3. The minimum absolute atomic E-state index is 0.106. The van der Waals surface area contributed by atoms with Crippen molar-refractivity contribution in [3.63, 3.8) is 0 Å². The molecule has 1 aromatic carbocycles. The van der Waals surface area contributed by atoms with Crippen molar-refractivity contribution in [3.8, 4) is 0 Å². The molecule has 0 radical (unpaired) electrons. The molecule has 0 bridgehead atoms. The molecule has 0 aliphatic carbocycles. The zero-order valence-electron chi connectivity index (χ0n) is 10.3. The maximum absolute atomic E-state index is 6.07. The summed E-state index contributed by atoms with van der Waals surface area (Å²) in [7, 11) is 0. The second-order valence-corrected chi connectivity index (χ2v) is 4.63. The van der Waals surface area contributed by atoms with E-state index in [-0.39, 0.29) is 5.60 Å². The highest BCUT2D eigenvalue weighted by Gasteiger charge is 2.30. The Balaban J connectivity index is 2.13. The highest BCUT2D eigenvalue weighted by molar-refractivity contribution is 5.22. The first-order valence-electron chi connectivity index (χ1n) is 6.16. The largest absolute Gasteiger partial charge is 0.369 e. The summed E-state index contributed by atoms with van der Waals surface area (Å²) in [4.78, 5) is 2.45. The van der Waals surface area contributed by atoms with Crippen LogP contribution in [0.3, 0.4) is 0 Å². The lowest BCUT2D eigenvalue weighted by atomic mass is 9.92. The van der Waals surface area contributed by atoms with E-state index in [2.05, 4.69) is 49.1 Å². The molecular weight excluding hydrogens is 198 g/mol. The van der Waals surface area contributed by atoms with Crippen molar-refractivity contribution < 1.29 is 4.74 Å². The normalized spacial score (nSPS) is 27.6. The van der Waals surface area contributed by atoms with Crippen LogP contribution >= 0.6 is 0 Å². The number of hydrogen-bond donors (Lipinski definition) is 0. The van der Waals surface area contributed by atoms with Gasteiger partial charge < -0.3 is 9.64 Å². The SMILES string of the molecule is CCN1CCOC(C)(c2ccccc2)CC1. The molecule has 1 aliphatic rings. The van der Waals surface area contributed by atoms with Gasteiger partial charge in [0.1, 0.15) is 0 Å². The van der Waals surface area contributed by atoms with E-state index < -0.39 is 0 Å². The molecule has 0 spiro atoms. The van der Waals surface area contributed by atoms with Gasteiger partial charge in [0, 0.05) is 13.1 Å². The van der Waals surface area contributed by atoms with Gasteiger partial charge >= 0.3 is 0 Å². The van der Waals surface area contributed by atoms with E-state index in [0.717, 1.165) is 32.7 Å². The Bertz CT molecular complexity index is 325. The van der Waals surface area contributed by atoms with Gasteiger partial charge in [-0.05, 0) is 25.5 Å². The van der Waals surface area contributed by atoms with E-state index in [1.165, 1.54) is 5.56 Å². The number of benzene rings is 1. The van der Waals surface area contributed by atoms with Crippen LogP contribution in [0.1, 0.15) is 25.8 Å². The van der Waals surface area contributed by atoms with Crippen molar-refractivity contribution >= 4 is 0 Å². The van der Waals surface area contributed by atoms with Crippen molar-refractivity contribution in [2.75, 3.05) is 26.2 Å². The van der Waals surface area contributed by atoms with Crippen molar-refractivity contribution in [1.29, 1.82) is 0 Å². The van der Waals surface area contributed by atoms with Crippen LogP contribution in [0.2, 0.25) is 0 Å². The summed E-state index contributed by atoms with van der Waals surface area (Å²) in [5, 5.41) is 0. The molecule has 1 heterocycles. The van der Waals surface area contributed by atoms with E-state index in [1.807, 2.05) is 0 Å². The van der Waals surface area contributed by atoms with E-state index >= 15 is 0 Å². The van der Waals surface area contributed by atoms with Crippen LogP contribution in [0.5, 0.6) is 0 Å². The van der Waals surface area contributed by atoms with Crippen LogP contribution in [0.4, 0.5) is 0 Å². The molecule has 2 rings (SSSR count). The number of nitrogens with zero attached hydrogens (tertiary/aromatic N) is 1. The zero-order chi connectivity index (χ0) is 11.4. The molecule has 1 aromatic rings. The molecule has 16 heavy (non-hydrogen) atoms. The minimum Gasteiger partial charge on any atom is -0.369 e. The van der Waals surface area contributed by atoms with Crippen molar-refractivity contribution in [2.45, 2.75) is 25.9 Å². The fourth-order valence-electron chi connectivity index (χ4n) is 2.29. The molecule has 0 saturated carbocycles. The average Bonchev–Trinajstić information content (AvgIpc) is 2.53. The second kappa shape index (κ2) is 4.98. The number of hydrogen-bond acceptors (Lipinski definition) is 2. The topological polar surface area (TPSA) is 12.5 Å². The lowest BCUT2D eigenvalue weighted by molar-refractivity contribution is -0.0282. The van der Waals surface area contributed by atoms with Gasteiger partial charge in [0.05, 0.1) is 12.2 Å². The van der Waals surface area contributed by atoms with Gasteiger partial charge in [-0.1, -0.05) is 37.3 Å². The maximum atomic E-state index is 6.07. The summed E-state index contributed by atoms with van der Waals surface area (Å²) in [6, 6.07) is 10.6. The van der Waals surface area contributed by atoms with Gasteiger partial charge in [0.2, 0.25) is 0 Å². The van der Waals surface area contributed by atoms with Gasteiger partial charge in [-0.15, -0.1) is 0 Å². The fourth-order valence-corrected chi connectivity index (χ4v) is 2.29. The quantitative estimate of drug-likeness (QED) is 0.758. The molecule has 88 valence electrons. The Labute approximate surface area is 98.2 Å². The molecule has 0 amide bonds. The smallest absolute Gasteiger partial charge is 0.0916 e. The number of likely N-dealkylation sites (N-methyl/N-ethyl adjacent to an activating group) is 1. The van der Waals surface area contributed by atoms with Crippen molar-refractivity contribution in [3.05, 3.63) is 35.9 Å². The summed E-state index contributed by atoms with van der Waals surface area (Å²) < 4.78 is 6.07. The summed E-state index contributed by atoms with van der Waals surface area (Å²) in [6.07, 6.45) is 1.07. The van der Waals surface area contributed by atoms with Crippen LogP contribution < -0.4 is 0 Å². The Morgan fingerprint density at radius 3 is 2.69 bits per heavy atom. The molecule has 0 N–H and O–H groups in total. The summed E-state index contributed by atoms with van der Waals surface area (Å²) in [5.41, 5.74) is 1.19. The van der Waals surface area contributed by atoms with Crippen LogP contribution in [0.25, 0.3) is 0 Å². The Kier molecular flexibility index (Phi) is 3.62. The lowest BCUT2D eigenvalue weighted by Gasteiger charge is -2.28. The van der Waals surface area contributed by atoms with Gasteiger partial charge in [-0.25, -0.2) is 0 Å². The Hall–Kier alpha value is -0.860. The summed E-state index contributed by atoms with van der Waals surface area (Å²) in [6.45, 7) is 8.56. The second-order valence-electron chi connectivity index (χ2n) is 4.63. The lowest BCUT2D eigenvalue weighted by Crippen LogP contribution is -2.27. The summed E-state index contributed by atoms with van der Waals surface area (Å²) in [5.74, 6) is 0. The monoisotopic (exact) mass is 219 g/mol. The molecule has 1 saturated heterocycles. The van der Waals surface area contributed by atoms with Crippen LogP contribution in [0, 0.1) is 0 Å². The number of ether oxygens (including phenoxy) is 1. The molecule has 1 unspecified atom stereocenters. The van der Waals surface area contributed by atoms with Gasteiger partial charge in [-0.2, -0.15) is 0 Å². The third kappa shape index (κ3) is 2.45. The minimum atomic E-state index is -0.106. The van der Waals surface area contributed by atoms with Crippen molar-refractivity contribution in [2.24, 2.45) is 0 Å². The highest BCUT2D eigenvalue weighted by atomic mass is 16.5. The Morgan fingerprint density at radius 2 is 2.00 bits per heavy atom. The first-order valence-corrected chi connectivity index (χ1v) is 6.16. The molecule has 2 heteroatoms. The van der Waals surface area contributed by atoms with Gasteiger partial charge in [0.25, 0.3) is 0 Å². The van der Waals surface area contributed by atoms with Crippen LogP contribution in [-0.2, 0) is 10.3 Å². The molecule has 1 fully saturated rings. The first-order chi connectivity index (χ1) is 7.74. The zero-order valence-corrected chi connectivity index (χ0v) is 10.3. The molecule has 1 atom stereocenters. The van der Waals surface area contributed by atoms with E-state index in [0.29, 0.717) is 0 Å². The highest BCUT2D eigenvalue weighted by Crippen LogP contribution is 2.30. The molecule has 0 aromatic heterocycles. The third-order valence-corrected chi connectivity index (χ3v) is 3.56. The molecule has 1 aliphatic heterocycles. The average molecular weight is 219 g/mol. The van der Waals surface area contributed by atoms with E-state index in [1.54, 1.807) is 0 Å². The third-order valence-electron chi connectivity index (χ3n) is 3.56. The van der Waals surface area contributed by atoms with Crippen LogP contribution in [0.15, 0.2) is 30.3 Å². The first kappa shape index (κ1) is 11.6. The maximum Gasteiger partial charge on any atom is 0.0916 e. The summed E-state index contributed by atoms with van der Waals surface area (Å²) >= 11 is 0. The van der Waals surface area contributed by atoms with Crippen molar-refractivity contribution in [1.82, 2.24) is 4.90 Å². The Morgan fingerprint density at radius 1 is 1.25 bits per heavy atom. The molecular formula is C14H21NO. The van der Waals surface area contributed by atoms with Crippen LogP contribution in [-0.4, -0.2) is 31.1 Å². The fraction of sp³-hybridized carbons (Fsp3) is 0.571.